The molecule has 0 spiro atoms. The van der Waals surface area contributed by atoms with Crippen LogP contribution in [0.2, 0.25) is 0 Å². The van der Waals surface area contributed by atoms with Crippen LogP contribution in [-0.4, -0.2) is 11.9 Å². The Balaban J connectivity index is 1.70. The number of carbonyl (C=O) groups excluding carboxylic acids is 1. The van der Waals surface area contributed by atoms with Crippen LogP contribution in [0, 0.1) is 5.82 Å². The third kappa shape index (κ3) is 2.82. The number of para-hydroxylation sites is 1. The molecule has 2 aromatic carbocycles. The predicted octanol–water partition coefficient (Wildman–Crippen LogP) is 3.74. The summed E-state index contributed by atoms with van der Waals surface area (Å²) in [5.74, 6) is -0.107. The highest BCUT2D eigenvalue weighted by Crippen LogP contribution is 2.32. The minimum absolute atomic E-state index is 0.136. The lowest BCUT2D eigenvalue weighted by molar-refractivity contribution is -0.118. The molecule has 1 atom stereocenters. The fourth-order valence-electron chi connectivity index (χ4n) is 2.97. The van der Waals surface area contributed by atoms with Gasteiger partial charge in [0.15, 0.2) is 0 Å². The molecule has 0 saturated heterocycles. The number of aryl methyl sites for hydroxylation is 1. The summed E-state index contributed by atoms with van der Waals surface area (Å²) < 4.78 is 12.9. The largest absolute Gasteiger partial charge is 0.309 e. The second-order valence-corrected chi connectivity index (χ2v) is 5.57. The zero-order valence-corrected chi connectivity index (χ0v) is 12.1. The van der Waals surface area contributed by atoms with Gasteiger partial charge < -0.3 is 4.90 Å². The number of hydrogen-bond acceptors (Lipinski definition) is 1. The fraction of sp³-hybridized carbons (Fsp3) is 0.278. The first-order valence-electron chi connectivity index (χ1n) is 7.29. The maximum Gasteiger partial charge on any atom is 0.227 e. The lowest BCUT2D eigenvalue weighted by Crippen LogP contribution is -2.35. The molecule has 3 rings (SSSR count). The molecule has 0 unspecified atom stereocenters. The van der Waals surface area contributed by atoms with E-state index in [2.05, 4.69) is 13.0 Å². The molecule has 0 aromatic heterocycles. The number of benzene rings is 2. The molecule has 0 fully saturated rings. The zero-order chi connectivity index (χ0) is 14.8. The van der Waals surface area contributed by atoms with Gasteiger partial charge in [-0.2, -0.15) is 0 Å². The van der Waals surface area contributed by atoms with E-state index in [0.29, 0.717) is 12.8 Å². The van der Waals surface area contributed by atoms with Gasteiger partial charge in [0.2, 0.25) is 5.91 Å². The van der Waals surface area contributed by atoms with Gasteiger partial charge in [-0.05, 0) is 49.1 Å². The molecule has 1 aliphatic heterocycles. The molecule has 0 N–H and O–H groups in total. The Hall–Kier alpha value is -2.16. The monoisotopic (exact) mass is 283 g/mol. The molecule has 0 aliphatic carbocycles. The molecule has 1 amide bonds. The van der Waals surface area contributed by atoms with E-state index in [-0.39, 0.29) is 17.8 Å². The quantitative estimate of drug-likeness (QED) is 0.840. The maximum absolute atomic E-state index is 12.9. The zero-order valence-electron chi connectivity index (χ0n) is 12.1. The number of amides is 1. The average molecular weight is 283 g/mol. The normalized spacial score (nSPS) is 16.9. The Labute approximate surface area is 124 Å². The van der Waals surface area contributed by atoms with Crippen LogP contribution in [0.3, 0.4) is 0 Å². The third-order valence-corrected chi connectivity index (χ3v) is 4.02. The number of anilines is 1. The van der Waals surface area contributed by atoms with Crippen molar-refractivity contribution in [3.8, 4) is 0 Å². The third-order valence-electron chi connectivity index (χ3n) is 4.02. The second-order valence-electron chi connectivity index (χ2n) is 5.57. The van der Waals surface area contributed by atoms with Crippen molar-refractivity contribution in [2.24, 2.45) is 0 Å². The van der Waals surface area contributed by atoms with Gasteiger partial charge in [-0.3, -0.25) is 4.79 Å². The van der Waals surface area contributed by atoms with Gasteiger partial charge in [-0.15, -0.1) is 0 Å². The highest BCUT2D eigenvalue weighted by molar-refractivity contribution is 5.96. The molecular formula is C18H18FNO. The van der Waals surface area contributed by atoms with E-state index in [9.17, 15) is 9.18 Å². The Kier molecular flexibility index (Phi) is 3.74. The van der Waals surface area contributed by atoms with Gasteiger partial charge in [-0.25, -0.2) is 4.39 Å². The first-order chi connectivity index (χ1) is 10.1. The molecule has 0 bridgehead atoms. The van der Waals surface area contributed by atoms with Crippen LogP contribution >= 0.6 is 0 Å². The molecule has 21 heavy (non-hydrogen) atoms. The summed E-state index contributed by atoms with van der Waals surface area (Å²) in [7, 11) is 0. The Morgan fingerprint density at radius 1 is 1.19 bits per heavy atom. The summed E-state index contributed by atoms with van der Waals surface area (Å²) >= 11 is 0. The molecule has 1 aliphatic rings. The van der Waals surface area contributed by atoms with Gasteiger partial charge >= 0.3 is 0 Å². The summed E-state index contributed by atoms with van der Waals surface area (Å²) in [5, 5.41) is 0. The van der Waals surface area contributed by atoms with E-state index in [1.54, 1.807) is 12.1 Å². The van der Waals surface area contributed by atoms with Crippen molar-refractivity contribution in [1.82, 2.24) is 0 Å². The standard InChI is InChI=1S/C18H18FNO/c1-13-12-15-4-2-3-5-17(15)20(13)18(21)11-8-14-6-9-16(19)10-7-14/h2-7,9-10,13H,8,11-12H2,1H3/t13-/m0/s1. The molecule has 2 nitrogen and oxygen atoms in total. The van der Waals surface area contributed by atoms with E-state index < -0.39 is 0 Å². The topological polar surface area (TPSA) is 20.3 Å². The molecule has 1 heterocycles. The summed E-state index contributed by atoms with van der Waals surface area (Å²) in [6.45, 7) is 2.08. The highest BCUT2D eigenvalue weighted by Gasteiger charge is 2.29. The van der Waals surface area contributed by atoms with Crippen molar-refractivity contribution in [2.75, 3.05) is 4.90 Å². The van der Waals surface area contributed by atoms with Crippen LogP contribution in [0.1, 0.15) is 24.5 Å². The van der Waals surface area contributed by atoms with Gasteiger partial charge in [0, 0.05) is 18.2 Å². The smallest absolute Gasteiger partial charge is 0.227 e. The first-order valence-corrected chi connectivity index (χ1v) is 7.29. The van der Waals surface area contributed by atoms with Crippen molar-refractivity contribution in [2.45, 2.75) is 32.2 Å². The maximum atomic E-state index is 12.9. The molecular weight excluding hydrogens is 265 g/mol. The van der Waals surface area contributed by atoms with Crippen LogP contribution in [0.25, 0.3) is 0 Å². The van der Waals surface area contributed by atoms with E-state index >= 15 is 0 Å². The van der Waals surface area contributed by atoms with Crippen molar-refractivity contribution < 1.29 is 9.18 Å². The van der Waals surface area contributed by atoms with Gasteiger partial charge in [0.05, 0.1) is 0 Å². The van der Waals surface area contributed by atoms with Gasteiger partial charge in [-0.1, -0.05) is 30.3 Å². The summed E-state index contributed by atoms with van der Waals surface area (Å²) in [5.41, 5.74) is 3.26. The molecule has 3 heteroatoms. The SMILES string of the molecule is C[C@H]1Cc2ccccc2N1C(=O)CCc1ccc(F)cc1. The average Bonchev–Trinajstić information content (AvgIpc) is 2.82. The van der Waals surface area contributed by atoms with E-state index in [1.807, 2.05) is 23.1 Å². The molecule has 2 aromatic rings. The van der Waals surface area contributed by atoms with Crippen molar-refractivity contribution in [3.05, 3.63) is 65.5 Å². The number of halogens is 1. The summed E-state index contributed by atoms with van der Waals surface area (Å²) in [6.07, 6.45) is 2.01. The number of fused-ring (bicyclic) bond motifs is 1. The minimum Gasteiger partial charge on any atom is -0.309 e. The lowest BCUT2D eigenvalue weighted by Gasteiger charge is -2.22. The van der Waals surface area contributed by atoms with E-state index in [1.165, 1.54) is 17.7 Å². The van der Waals surface area contributed by atoms with Crippen LogP contribution in [0.5, 0.6) is 0 Å². The van der Waals surface area contributed by atoms with Crippen molar-refractivity contribution in [1.29, 1.82) is 0 Å². The van der Waals surface area contributed by atoms with Crippen LogP contribution in [0.15, 0.2) is 48.5 Å². The lowest BCUT2D eigenvalue weighted by atomic mass is 10.1. The minimum atomic E-state index is -0.243. The summed E-state index contributed by atoms with van der Waals surface area (Å²) in [4.78, 5) is 14.4. The number of hydrogen-bond donors (Lipinski definition) is 0. The second kappa shape index (κ2) is 5.68. The van der Waals surface area contributed by atoms with Crippen LogP contribution in [-0.2, 0) is 17.6 Å². The van der Waals surface area contributed by atoms with Crippen LogP contribution < -0.4 is 4.90 Å². The fourth-order valence-corrected chi connectivity index (χ4v) is 2.97. The van der Waals surface area contributed by atoms with E-state index in [4.69, 9.17) is 0 Å². The molecule has 0 saturated carbocycles. The number of nitrogens with zero attached hydrogens (tertiary/aromatic N) is 1. The highest BCUT2D eigenvalue weighted by atomic mass is 19.1. The number of rotatable bonds is 3. The molecule has 0 radical (unpaired) electrons. The van der Waals surface area contributed by atoms with Gasteiger partial charge in [0.25, 0.3) is 0 Å². The number of carbonyl (C=O) groups is 1. The van der Waals surface area contributed by atoms with Crippen molar-refractivity contribution >= 4 is 11.6 Å². The Bertz CT molecular complexity index is 651. The first kappa shape index (κ1) is 13.8. The Morgan fingerprint density at radius 2 is 1.90 bits per heavy atom. The van der Waals surface area contributed by atoms with E-state index in [0.717, 1.165) is 17.7 Å². The predicted molar refractivity (Wildman–Crippen MR) is 81.8 cm³/mol. The van der Waals surface area contributed by atoms with Gasteiger partial charge in [0.1, 0.15) is 5.82 Å². The van der Waals surface area contributed by atoms with Crippen molar-refractivity contribution in [3.63, 3.8) is 0 Å². The summed E-state index contributed by atoms with van der Waals surface area (Å²) in [6, 6.07) is 14.6. The Morgan fingerprint density at radius 3 is 2.67 bits per heavy atom. The van der Waals surface area contributed by atoms with Crippen LogP contribution in [0.4, 0.5) is 10.1 Å². The molecule has 108 valence electrons.